The maximum absolute atomic E-state index is 6.50. The van der Waals surface area contributed by atoms with E-state index in [4.69, 9.17) is 5.21 Å². The van der Waals surface area contributed by atoms with Gasteiger partial charge in [-0.1, -0.05) is 0 Å². The van der Waals surface area contributed by atoms with Crippen LogP contribution >= 0.6 is 11.3 Å². The quantitative estimate of drug-likeness (QED) is 0.586. The van der Waals surface area contributed by atoms with Gasteiger partial charge in [-0.25, -0.2) is 5.90 Å². The summed E-state index contributed by atoms with van der Waals surface area (Å²) in [5.41, 5.74) is 1.62. The first-order valence-electron chi connectivity index (χ1n) is 3.78. The maximum Gasteiger partial charge on any atom is 0.00772 e. The third kappa shape index (κ3) is 2.02. The SMILES string of the molecule is NO.c1cc2c(s1)CCCC2. The highest BCUT2D eigenvalue weighted by Gasteiger charge is 2.08. The van der Waals surface area contributed by atoms with E-state index in [9.17, 15) is 0 Å². The largest absolute Gasteiger partial charge is 0.320 e. The molecular formula is C8H13NOS. The Morgan fingerprint density at radius 1 is 1.27 bits per heavy atom. The van der Waals surface area contributed by atoms with Crippen molar-refractivity contribution >= 4 is 11.3 Å². The molecule has 3 N–H and O–H groups in total. The Labute approximate surface area is 70.6 Å². The van der Waals surface area contributed by atoms with Gasteiger partial charge in [0.2, 0.25) is 0 Å². The molecule has 62 valence electrons. The normalized spacial score (nSPS) is 14.7. The first-order valence-corrected chi connectivity index (χ1v) is 4.66. The van der Waals surface area contributed by atoms with Crippen LogP contribution in [0.25, 0.3) is 0 Å². The summed E-state index contributed by atoms with van der Waals surface area (Å²) in [6.45, 7) is 0. The van der Waals surface area contributed by atoms with Crippen LogP contribution in [0.15, 0.2) is 11.4 Å². The highest BCUT2D eigenvalue weighted by molar-refractivity contribution is 7.10. The molecule has 0 unspecified atom stereocenters. The van der Waals surface area contributed by atoms with E-state index >= 15 is 0 Å². The Morgan fingerprint density at radius 3 is 2.73 bits per heavy atom. The van der Waals surface area contributed by atoms with E-state index in [1.54, 1.807) is 10.4 Å². The molecule has 1 heterocycles. The first kappa shape index (κ1) is 8.71. The number of nitrogens with two attached hydrogens (primary N) is 1. The molecule has 1 aromatic rings. The van der Waals surface area contributed by atoms with Crippen LogP contribution in [0.3, 0.4) is 0 Å². The third-order valence-corrected chi connectivity index (χ3v) is 2.96. The van der Waals surface area contributed by atoms with E-state index in [1.165, 1.54) is 25.7 Å². The number of thiophene rings is 1. The van der Waals surface area contributed by atoms with Gasteiger partial charge in [0.1, 0.15) is 0 Å². The lowest BCUT2D eigenvalue weighted by molar-refractivity contribution is 0.311. The number of aryl methyl sites for hydroxylation is 2. The monoisotopic (exact) mass is 171 g/mol. The van der Waals surface area contributed by atoms with Gasteiger partial charge >= 0.3 is 0 Å². The van der Waals surface area contributed by atoms with Crippen LogP contribution in [-0.4, -0.2) is 5.21 Å². The molecule has 0 aromatic carbocycles. The van der Waals surface area contributed by atoms with Gasteiger partial charge in [0, 0.05) is 4.88 Å². The Bertz CT molecular complexity index is 189. The van der Waals surface area contributed by atoms with Gasteiger partial charge in [0.25, 0.3) is 0 Å². The molecule has 1 aromatic heterocycles. The summed E-state index contributed by atoms with van der Waals surface area (Å²) in [5.74, 6) is 3.50. The fraction of sp³-hybridized carbons (Fsp3) is 0.500. The molecule has 0 fully saturated rings. The van der Waals surface area contributed by atoms with Crippen molar-refractivity contribution < 1.29 is 5.21 Å². The number of fused-ring (bicyclic) bond motifs is 1. The molecule has 3 heteroatoms. The molecule has 0 spiro atoms. The number of hydrogen-bond acceptors (Lipinski definition) is 3. The zero-order chi connectivity index (χ0) is 8.10. The average Bonchev–Trinajstić information content (AvgIpc) is 2.55. The zero-order valence-electron chi connectivity index (χ0n) is 6.42. The van der Waals surface area contributed by atoms with E-state index in [1.807, 2.05) is 11.3 Å². The van der Waals surface area contributed by atoms with E-state index in [-0.39, 0.29) is 0 Å². The van der Waals surface area contributed by atoms with Crippen LogP contribution in [0.4, 0.5) is 0 Å². The molecule has 0 radical (unpaired) electrons. The minimum absolute atomic E-state index is 1.33. The van der Waals surface area contributed by atoms with E-state index in [0.717, 1.165) is 0 Å². The second-order valence-corrected chi connectivity index (χ2v) is 3.58. The summed E-state index contributed by atoms with van der Waals surface area (Å²) >= 11 is 1.93. The van der Waals surface area contributed by atoms with Crippen molar-refractivity contribution in [3.63, 3.8) is 0 Å². The van der Waals surface area contributed by atoms with Gasteiger partial charge in [-0.3, -0.25) is 0 Å². The minimum Gasteiger partial charge on any atom is -0.320 e. The minimum atomic E-state index is 1.33. The van der Waals surface area contributed by atoms with Crippen LogP contribution in [0, 0.1) is 0 Å². The predicted molar refractivity (Wildman–Crippen MR) is 46.9 cm³/mol. The fourth-order valence-corrected chi connectivity index (χ4v) is 2.39. The van der Waals surface area contributed by atoms with Gasteiger partial charge in [0.15, 0.2) is 0 Å². The molecule has 0 amide bonds. The lowest BCUT2D eigenvalue weighted by Gasteiger charge is -2.08. The Kier molecular flexibility index (Phi) is 3.56. The van der Waals surface area contributed by atoms with Crippen LogP contribution in [0.1, 0.15) is 23.3 Å². The standard InChI is InChI=1S/C8H10S.H3NO/c1-2-4-8-7(3-1)5-6-9-8;1-2/h5-6H,1-4H2;2H,1H2. The number of rotatable bonds is 0. The molecule has 11 heavy (non-hydrogen) atoms. The fourth-order valence-electron chi connectivity index (χ4n) is 1.41. The van der Waals surface area contributed by atoms with Crippen molar-refractivity contribution in [3.8, 4) is 0 Å². The summed E-state index contributed by atoms with van der Waals surface area (Å²) in [6.07, 6.45) is 5.49. The summed E-state index contributed by atoms with van der Waals surface area (Å²) in [7, 11) is 0. The highest BCUT2D eigenvalue weighted by Crippen LogP contribution is 2.25. The van der Waals surface area contributed by atoms with Gasteiger partial charge in [-0.05, 0) is 42.7 Å². The van der Waals surface area contributed by atoms with Crippen molar-refractivity contribution in [2.24, 2.45) is 5.90 Å². The van der Waals surface area contributed by atoms with E-state index < -0.39 is 0 Å². The molecule has 1 aliphatic rings. The Hall–Kier alpha value is -0.380. The van der Waals surface area contributed by atoms with Crippen LogP contribution in [0.2, 0.25) is 0 Å². The van der Waals surface area contributed by atoms with Gasteiger partial charge in [0.05, 0.1) is 0 Å². The molecule has 0 aliphatic heterocycles. The molecular weight excluding hydrogens is 158 g/mol. The average molecular weight is 171 g/mol. The summed E-state index contributed by atoms with van der Waals surface area (Å²) in [6, 6.07) is 2.28. The summed E-state index contributed by atoms with van der Waals surface area (Å²) < 4.78 is 0. The lowest BCUT2D eigenvalue weighted by Crippen LogP contribution is -1.96. The molecule has 2 rings (SSSR count). The molecule has 0 atom stereocenters. The topological polar surface area (TPSA) is 46.2 Å². The molecule has 0 bridgehead atoms. The van der Waals surface area contributed by atoms with Crippen molar-refractivity contribution in [1.29, 1.82) is 0 Å². The molecule has 2 nitrogen and oxygen atoms in total. The molecule has 1 aliphatic carbocycles. The van der Waals surface area contributed by atoms with Crippen molar-refractivity contribution in [3.05, 3.63) is 21.9 Å². The smallest absolute Gasteiger partial charge is 0.00772 e. The van der Waals surface area contributed by atoms with Crippen LogP contribution < -0.4 is 5.90 Å². The first-order chi connectivity index (χ1) is 5.47. The molecule has 0 saturated heterocycles. The lowest BCUT2D eigenvalue weighted by atomic mass is 10.00. The third-order valence-electron chi connectivity index (χ3n) is 1.94. The number of hydrogen-bond donors (Lipinski definition) is 2. The van der Waals surface area contributed by atoms with Crippen molar-refractivity contribution in [2.45, 2.75) is 25.7 Å². The second kappa shape index (κ2) is 4.49. The van der Waals surface area contributed by atoms with Crippen LogP contribution in [0.5, 0.6) is 0 Å². The predicted octanol–water partition coefficient (Wildman–Crippen LogP) is 1.96. The van der Waals surface area contributed by atoms with Gasteiger partial charge < -0.3 is 5.21 Å². The summed E-state index contributed by atoms with van der Waals surface area (Å²) in [4.78, 5) is 1.64. The van der Waals surface area contributed by atoms with Crippen molar-refractivity contribution in [2.75, 3.05) is 0 Å². The van der Waals surface area contributed by atoms with Gasteiger partial charge in [-0.2, -0.15) is 0 Å². The Balaban J connectivity index is 0.000000281. The van der Waals surface area contributed by atoms with E-state index in [0.29, 0.717) is 0 Å². The second-order valence-electron chi connectivity index (χ2n) is 2.58. The Morgan fingerprint density at radius 2 is 2.00 bits per heavy atom. The maximum atomic E-state index is 6.50. The van der Waals surface area contributed by atoms with Gasteiger partial charge in [-0.15, -0.1) is 11.3 Å². The van der Waals surface area contributed by atoms with Crippen LogP contribution in [-0.2, 0) is 12.8 Å². The molecule has 0 saturated carbocycles. The zero-order valence-corrected chi connectivity index (χ0v) is 7.23. The van der Waals surface area contributed by atoms with E-state index in [2.05, 4.69) is 17.3 Å². The summed E-state index contributed by atoms with van der Waals surface area (Å²) in [5, 5.41) is 8.72. The highest BCUT2D eigenvalue weighted by atomic mass is 32.1. The van der Waals surface area contributed by atoms with Crippen molar-refractivity contribution in [1.82, 2.24) is 0 Å².